The van der Waals surface area contributed by atoms with Gasteiger partial charge in [-0.3, -0.25) is 4.79 Å². The maximum Gasteiger partial charge on any atom is 0.251 e. The van der Waals surface area contributed by atoms with E-state index in [0.717, 1.165) is 9.99 Å². The van der Waals surface area contributed by atoms with E-state index in [1.165, 1.54) is 0 Å². The summed E-state index contributed by atoms with van der Waals surface area (Å²) in [6, 6.07) is 5.30. The summed E-state index contributed by atoms with van der Waals surface area (Å²) in [4.78, 5) is 12.1. The summed E-state index contributed by atoms with van der Waals surface area (Å²) in [6.45, 7) is 2.69. The third-order valence-electron chi connectivity index (χ3n) is 2.11. The van der Waals surface area contributed by atoms with Crippen molar-refractivity contribution in [1.29, 1.82) is 0 Å². The Labute approximate surface area is 122 Å². The number of nitrogens with one attached hydrogen (secondary N) is 1. The highest BCUT2D eigenvalue weighted by Gasteiger charge is 2.09. The molecule has 1 N–H and O–H groups in total. The first-order chi connectivity index (χ1) is 7.54. The number of carbonyl (C=O) groups is 1. The topological polar surface area (TPSA) is 29.1 Å². The lowest BCUT2D eigenvalue weighted by atomic mass is 10.2. The van der Waals surface area contributed by atoms with Gasteiger partial charge in [-0.25, -0.2) is 0 Å². The van der Waals surface area contributed by atoms with E-state index in [1.54, 1.807) is 12.1 Å². The van der Waals surface area contributed by atoms with Crippen molar-refractivity contribution in [3.8, 4) is 0 Å². The second-order valence-corrected chi connectivity index (χ2v) is 6.21. The summed E-state index contributed by atoms with van der Waals surface area (Å²) in [5.41, 5.74) is 0.598. The number of amides is 1. The highest BCUT2D eigenvalue weighted by Crippen LogP contribution is 2.19. The van der Waals surface area contributed by atoms with Crippen LogP contribution in [0.3, 0.4) is 0 Å². The lowest BCUT2D eigenvalue weighted by Crippen LogP contribution is -2.29. The number of alkyl halides is 1. The second kappa shape index (κ2) is 6.81. The van der Waals surface area contributed by atoms with Crippen molar-refractivity contribution in [2.24, 2.45) is 0 Å². The molecule has 0 spiro atoms. The molecule has 1 unspecified atom stereocenters. The molecule has 0 aliphatic carbocycles. The largest absolute Gasteiger partial charge is 0.351 e. The van der Waals surface area contributed by atoms with Crippen molar-refractivity contribution in [2.75, 3.05) is 6.54 Å². The summed E-state index contributed by atoms with van der Waals surface area (Å²) in [6.07, 6.45) is 0.980. The van der Waals surface area contributed by atoms with Gasteiger partial charge in [0.1, 0.15) is 0 Å². The molecule has 88 valence electrons. The molecule has 1 aromatic carbocycles. The van der Waals surface area contributed by atoms with E-state index in [2.05, 4.69) is 50.8 Å². The molecule has 0 radical (unpaired) electrons. The van der Waals surface area contributed by atoms with Crippen molar-refractivity contribution in [3.63, 3.8) is 0 Å². The zero-order valence-corrected chi connectivity index (χ0v) is 13.3. The molecule has 1 atom stereocenters. The zero-order valence-electron chi connectivity index (χ0n) is 8.77. The average Bonchev–Trinajstić information content (AvgIpc) is 2.29. The number of halogens is 3. The number of benzene rings is 1. The van der Waals surface area contributed by atoms with Gasteiger partial charge in [0.25, 0.3) is 5.91 Å². The smallest absolute Gasteiger partial charge is 0.251 e. The lowest BCUT2D eigenvalue weighted by molar-refractivity contribution is 0.0954. The summed E-state index contributed by atoms with van der Waals surface area (Å²) in [7, 11) is 0. The van der Waals surface area contributed by atoms with Crippen LogP contribution in [0.1, 0.15) is 23.7 Å². The molecule has 0 aromatic heterocycles. The second-order valence-electron chi connectivity index (χ2n) is 3.34. The first kappa shape index (κ1) is 14.3. The first-order valence-corrected chi connectivity index (χ1v) is 7.29. The van der Waals surface area contributed by atoms with Gasteiger partial charge >= 0.3 is 0 Å². The molecular weight excluding hydrogens is 404 g/mol. The maximum atomic E-state index is 11.7. The van der Waals surface area contributed by atoms with Gasteiger partial charge in [0, 0.05) is 20.5 Å². The summed E-state index contributed by atoms with van der Waals surface area (Å²) in [5, 5.41) is 3.46. The van der Waals surface area contributed by atoms with Gasteiger partial charge in [0.2, 0.25) is 0 Å². The van der Waals surface area contributed by atoms with Gasteiger partial charge in [0.05, 0.1) is 5.02 Å². The molecule has 1 aromatic rings. The molecule has 0 fully saturated rings. The molecule has 0 heterocycles. The Morgan fingerprint density at radius 2 is 2.31 bits per heavy atom. The SMILES string of the molecule is CCC(Br)CNC(=O)c1ccc(I)c(Cl)c1. The summed E-state index contributed by atoms with van der Waals surface area (Å²) in [5.74, 6) is -0.0869. The third kappa shape index (κ3) is 4.22. The average molecular weight is 416 g/mol. The molecule has 0 saturated carbocycles. The Bertz CT molecular complexity index is 386. The van der Waals surface area contributed by atoms with E-state index in [9.17, 15) is 4.79 Å². The highest BCUT2D eigenvalue weighted by atomic mass is 127. The Morgan fingerprint density at radius 3 is 2.88 bits per heavy atom. The summed E-state index contributed by atoms with van der Waals surface area (Å²) < 4.78 is 0.947. The zero-order chi connectivity index (χ0) is 12.1. The van der Waals surface area contributed by atoms with Crippen molar-refractivity contribution >= 4 is 56.0 Å². The monoisotopic (exact) mass is 415 g/mol. The normalized spacial score (nSPS) is 12.2. The standard InChI is InChI=1S/C11H12BrClINO/c1-2-8(12)6-15-11(16)7-3-4-10(14)9(13)5-7/h3-5,8H,2,6H2,1H3,(H,15,16). The minimum absolute atomic E-state index is 0.0869. The highest BCUT2D eigenvalue weighted by molar-refractivity contribution is 14.1. The predicted octanol–water partition coefficient (Wildman–Crippen LogP) is 3.85. The number of rotatable bonds is 4. The van der Waals surface area contributed by atoms with Crippen LogP contribution in [-0.2, 0) is 0 Å². The van der Waals surface area contributed by atoms with E-state index in [-0.39, 0.29) is 5.91 Å². The number of hydrogen-bond acceptors (Lipinski definition) is 1. The minimum Gasteiger partial charge on any atom is -0.351 e. The molecule has 0 saturated heterocycles. The fourth-order valence-electron chi connectivity index (χ4n) is 1.09. The number of hydrogen-bond donors (Lipinski definition) is 1. The first-order valence-electron chi connectivity index (χ1n) is 4.92. The van der Waals surface area contributed by atoms with E-state index in [0.29, 0.717) is 22.0 Å². The quantitative estimate of drug-likeness (QED) is 0.586. The molecule has 0 aliphatic heterocycles. The van der Waals surface area contributed by atoms with Crippen molar-refractivity contribution in [3.05, 3.63) is 32.4 Å². The van der Waals surface area contributed by atoms with Crippen LogP contribution in [0.2, 0.25) is 5.02 Å². The molecule has 0 bridgehead atoms. The van der Waals surface area contributed by atoms with Crippen LogP contribution in [0.4, 0.5) is 0 Å². The van der Waals surface area contributed by atoms with Crippen LogP contribution in [0.25, 0.3) is 0 Å². The van der Waals surface area contributed by atoms with Crippen LogP contribution < -0.4 is 5.32 Å². The van der Waals surface area contributed by atoms with Gasteiger partial charge < -0.3 is 5.32 Å². The van der Waals surface area contributed by atoms with Crippen molar-refractivity contribution < 1.29 is 4.79 Å². The molecule has 2 nitrogen and oxygen atoms in total. The van der Waals surface area contributed by atoms with Crippen LogP contribution >= 0.6 is 50.1 Å². The van der Waals surface area contributed by atoms with Gasteiger partial charge in [-0.05, 0) is 47.2 Å². The summed E-state index contributed by atoms with van der Waals surface area (Å²) >= 11 is 11.5. The molecule has 0 aliphatic rings. The lowest BCUT2D eigenvalue weighted by Gasteiger charge is -2.09. The Morgan fingerprint density at radius 1 is 1.62 bits per heavy atom. The van der Waals surface area contributed by atoms with Gasteiger partial charge in [-0.2, -0.15) is 0 Å². The Hall–Kier alpha value is 0.190. The van der Waals surface area contributed by atoms with E-state index >= 15 is 0 Å². The van der Waals surface area contributed by atoms with Crippen LogP contribution in [-0.4, -0.2) is 17.3 Å². The molecule has 1 rings (SSSR count). The van der Waals surface area contributed by atoms with Crippen LogP contribution in [0.5, 0.6) is 0 Å². The molecular formula is C11H12BrClINO. The molecule has 16 heavy (non-hydrogen) atoms. The van der Waals surface area contributed by atoms with Crippen molar-refractivity contribution in [1.82, 2.24) is 5.32 Å². The van der Waals surface area contributed by atoms with Crippen molar-refractivity contribution in [2.45, 2.75) is 18.2 Å². The molecule has 5 heteroatoms. The van der Waals surface area contributed by atoms with Gasteiger partial charge in [0.15, 0.2) is 0 Å². The molecule has 1 amide bonds. The van der Waals surface area contributed by atoms with Gasteiger partial charge in [-0.1, -0.05) is 34.5 Å². The van der Waals surface area contributed by atoms with E-state index in [1.807, 2.05) is 6.07 Å². The van der Waals surface area contributed by atoms with Gasteiger partial charge in [-0.15, -0.1) is 0 Å². The maximum absolute atomic E-state index is 11.7. The fraction of sp³-hybridized carbons (Fsp3) is 0.364. The Kier molecular flexibility index (Phi) is 6.07. The van der Waals surface area contributed by atoms with E-state index < -0.39 is 0 Å². The van der Waals surface area contributed by atoms with Crippen LogP contribution in [0, 0.1) is 3.57 Å². The predicted molar refractivity (Wildman–Crippen MR) is 79.5 cm³/mol. The third-order valence-corrected chi connectivity index (χ3v) is 4.65. The van der Waals surface area contributed by atoms with Crippen LogP contribution in [0.15, 0.2) is 18.2 Å². The number of carbonyl (C=O) groups excluding carboxylic acids is 1. The van der Waals surface area contributed by atoms with E-state index in [4.69, 9.17) is 11.6 Å². The fourth-order valence-corrected chi connectivity index (χ4v) is 1.77. The minimum atomic E-state index is -0.0869. The Balaban J connectivity index is 2.63.